The number of thiazole rings is 1. The molecule has 0 saturated carbocycles. The molecule has 0 spiro atoms. The van der Waals surface area contributed by atoms with E-state index in [4.69, 9.17) is 23.2 Å². The minimum absolute atomic E-state index is 0.182. The molecular weight excluding hydrogens is 351 g/mol. The summed E-state index contributed by atoms with van der Waals surface area (Å²) in [6, 6.07) is 11.5. The number of aromatic nitrogens is 1. The van der Waals surface area contributed by atoms with Crippen LogP contribution in [-0.4, -0.2) is 10.5 Å². The first kappa shape index (κ1) is 16.2. The first-order valence-corrected chi connectivity index (χ1v) is 8.59. The molecule has 3 nitrogen and oxygen atoms in total. The van der Waals surface area contributed by atoms with Crippen LogP contribution in [0.15, 0.2) is 41.4 Å². The molecule has 1 amide bonds. The van der Waals surface area contributed by atoms with Crippen molar-refractivity contribution in [2.75, 3.05) is 0 Å². The number of benzene rings is 2. The van der Waals surface area contributed by atoms with E-state index < -0.39 is 0 Å². The smallest absolute Gasteiger partial charge is 0.252 e. The van der Waals surface area contributed by atoms with Crippen LogP contribution < -0.4 is 4.80 Å². The molecule has 0 unspecified atom stereocenters. The fourth-order valence-electron chi connectivity index (χ4n) is 2.30. The zero-order chi connectivity index (χ0) is 16.6. The van der Waals surface area contributed by atoms with Gasteiger partial charge in [0.25, 0.3) is 5.91 Å². The lowest BCUT2D eigenvalue weighted by atomic mass is 10.1. The molecule has 0 aliphatic heterocycles. The maximum atomic E-state index is 12.2. The molecule has 2 aromatic carbocycles. The fraction of sp³-hybridized carbons (Fsp3) is 0.176. The Labute approximate surface area is 147 Å². The topological polar surface area (TPSA) is 34.4 Å². The van der Waals surface area contributed by atoms with Crippen LogP contribution in [0, 0.1) is 6.92 Å². The molecule has 1 aromatic heterocycles. The maximum absolute atomic E-state index is 12.2. The van der Waals surface area contributed by atoms with E-state index >= 15 is 0 Å². The van der Waals surface area contributed by atoms with Gasteiger partial charge in [0.05, 0.1) is 26.7 Å². The van der Waals surface area contributed by atoms with Crippen LogP contribution in [-0.2, 0) is 18.3 Å². The number of amides is 1. The van der Waals surface area contributed by atoms with Gasteiger partial charge in [-0.25, -0.2) is 0 Å². The van der Waals surface area contributed by atoms with Gasteiger partial charge >= 0.3 is 0 Å². The van der Waals surface area contributed by atoms with Gasteiger partial charge in [-0.1, -0.05) is 64.4 Å². The number of aryl methyl sites for hydroxylation is 2. The van der Waals surface area contributed by atoms with E-state index in [2.05, 4.69) is 4.99 Å². The lowest BCUT2D eigenvalue weighted by molar-refractivity contribution is -0.117. The molecule has 0 fully saturated rings. The van der Waals surface area contributed by atoms with E-state index in [9.17, 15) is 4.79 Å². The molecule has 0 aliphatic rings. The van der Waals surface area contributed by atoms with E-state index in [-0.39, 0.29) is 12.3 Å². The molecular formula is C17H14Cl2N2OS. The highest BCUT2D eigenvalue weighted by Gasteiger charge is 2.11. The molecule has 23 heavy (non-hydrogen) atoms. The molecule has 3 rings (SSSR count). The Morgan fingerprint density at radius 1 is 1.17 bits per heavy atom. The van der Waals surface area contributed by atoms with Crippen molar-refractivity contribution in [2.24, 2.45) is 12.0 Å². The van der Waals surface area contributed by atoms with Crippen LogP contribution in [0.3, 0.4) is 0 Å². The number of hydrogen-bond donors (Lipinski definition) is 0. The van der Waals surface area contributed by atoms with Gasteiger partial charge in [-0.15, -0.1) is 0 Å². The highest BCUT2D eigenvalue weighted by atomic mass is 35.5. The van der Waals surface area contributed by atoms with Crippen LogP contribution in [0.25, 0.3) is 10.2 Å². The summed E-state index contributed by atoms with van der Waals surface area (Å²) in [4.78, 5) is 17.1. The summed E-state index contributed by atoms with van der Waals surface area (Å²) < 4.78 is 2.75. The second-order valence-corrected chi connectivity index (χ2v) is 7.11. The van der Waals surface area contributed by atoms with Crippen LogP contribution in [0.5, 0.6) is 0 Å². The van der Waals surface area contributed by atoms with Crippen LogP contribution >= 0.6 is 34.5 Å². The summed E-state index contributed by atoms with van der Waals surface area (Å²) in [5.41, 5.74) is 2.92. The molecule has 0 aliphatic carbocycles. The van der Waals surface area contributed by atoms with Gasteiger partial charge < -0.3 is 4.57 Å². The van der Waals surface area contributed by atoms with Crippen molar-refractivity contribution >= 4 is 50.7 Å². The SMILES string of the molecule is Cc1ccc(CC(=O)N=c2sc3ccc(Cl)c(Cl)c3n2C)cc1. The minimum Gasteiger partial charge on any atom is -0.318 e. The van der Waals surface area contributed by atoms with Crippen molar-refractivity contribution in [3.63, 3.8) is 0 Å². The van der Waals surface area contributed by atoms with E-state index in [0.717, 1.165) is 15.8 Å². The average molecular weight is 365 g/mol. The van der Waals surface area contributed by atoms with Crippen molar-refractivity contribution in [3.8, 4) is 0 Å². The van der Waals surface area contributed by atoms with E-state index in [1.165, 1.54) is 16.9 Å². The Balaban J connectivity index is 1.97. The maximum Gasteiger partial charge on any atom is 0.252 e. The van der Waals surface area contributed by atoms with Gasteiger partial charge in [0.2, 0.25) is 0 Å². The van der Waals surface area contributed by atoms with Crippen LogP contribution in [0.2, 0.25) is 10.0 Å². The lowest BCUT2D eigenvalue weighted by Crippen LogP contribution is -2.14. The summed E-state index contributed by atoms with van der Waals surface area (Å²) in [7, 11) is 1.83. The Morgan fingerprint density at radius 2 is 1.87 bits per heavy atom. The Morgan fingerprint density at radius 3 is 2.57 bits per heavy atom. The molecule has 3 aromatic rings. The molecule has 0 atom stereocenters. The highest BCUT2D eigenvalue weighted by Crippen LogP contribution is 2.31. The molecule has 1 heterocycles. The number of carbonyl (C=O) groups is 1. The largest absolute Gasteiger partial charge is 0.318 e. The molecule has 0 N–H and O–H groups in total. The van der Waals surface area contributed by atoms with E-state index in [0.29, 0.717) is 14.8 Å². The van der Waals surface area contributed by atoms with Gasteiger partial charge in [0, 0.05) is 7.05 Å². The third kappa shape index (κ3) is 3.34. The number of carbonyl (C=O) groups excluding carboxylic acids is 1. The summed E-state index contributed by atoms with van der Waals surface area (Å²) >= 11 is 13.7. The fourth-order valence-corrected chi connectivity index (χ4v) is 3.85. The number of hydrogen-bond acceptors (Lipinski definition) is 2. The van der Waals surface area contributed by atoms with Gasteiger partial charge in [-0.2, -0.15) is 4.99 Å². The van der Waals surface area contributed by atoms with Crippen molar-refractivity contribution in [3.05, 3.63) is 62.4 Å². The summed E-state index contributed by atoms with van der Waals surface area (Å²) in [6.45, 7) is 2.02. The Bertz CT molecular complexity index is 955. The van der Waals surface area contributed by atoms with Gasteiger partial charge in [-0.3, -0.25) is 4.79 Å². The second kappa shape index (κ2) is 6.48. The summed E-state index contributed by atoms with van der Waals surface area (Å²) in [6.07, 6.45) is 0.281. The quantitative estimate of drug-likeness (QED) is 0.657. The van der Waals surface area contributed by atoms with Crippen molar-refractivity contribution in [1.82, 2.24) is 4.57 Å². The second-order valence-electron chi connectivity index (χ2n) is 5.32. The molecule has 0 radical (unpaired) electrons. The normalized spacial score (nSPS) is 12.1. The van der Waals surface area contributed by atoms with Gasteiger partial charge in [0.15, 0.2) is 4.80 Å². The van der Waals surface area contributed by atoms with Gasteiger partial charge in [0.1, 0.15) is 0 Å². The predicted molar refractivity (Wildman–Crippen MR) is 96.3 cm³/mol. The number of fused-ring (bicyclic) bond motifs is 1. The zero-order valence-electron chi connectivity index (χ0n) is 12.6. The zero-order valence-corrected chi connectivity index (χ0v) is 15.0. The van der Waals surface area contributed by atoms with E-state index in [1.807, 2.05) is 44.3 Å². The third-order valence-corrected chi connectivity index (χ3v) is 5.44. The molecule has 6 heteroatoms. The standard InChI is InChI=1S/C17H14Cl2N2OS/c1-10-3-5-11(6-4-10)9-14(22)20-17-21(2)16-13(23-17)8-7-12(18)15(16)19/h3-8H,9H2,1-2H3. The van der Waals surface area contributed by atoms with Crippen LogP contribution in [0.1, 0.15) is 11.1 Å². The average Bonchev–Trinajstić information content (AvgIpc) is 2.82. The monoisotopic (exact) mass is 364 g/mol. The minimum atomic E-state index is -0.182. The molecule has 0 bridgehead atoms. The van der Waals surface area contributed by atoms with Crippen LogP contribution in [0.4, 0.5) is 0 Å². The molecule has 0 saturated heterocycles. The summed E-state index contributed by atoms with van der Waals surface area (Å²) in [5.74, 6) is -0.182. The third-order valence-electron chi connectivity index (χ3n) is 3.55. The first-order valence-electron chi connectivity index (χ1n) is 7.02. The highest BCUT2D eigenvalue weighted by molar-refractivity contribution is 7.16. The predicted octanol–water partition coefficient (Wildman–Crippen LogP) is 4.53. The van der Waals surface area contributed by atoms with Gasteiger partial charge in [-0.05, 0) is 24.6 Å². The molecule has 118 valence electrons. The number of rotatable bonds is 2. The lowest BCUT2D eigenvalue weighted by Gasteiger charge is -2.00. The van der Waals surface area contributed by atoms with E-state index in [1.54, 1.807) is 10.6 Å². The number of nitrogens with zero attached hydrogens (tertiary/aromatic N) is 2. The van der Waals surface area contributed by atoms with Crippen molar-refractivity contribution in [1.29, 1.82) is 0 Å². The Kier molecular flexibility index (Phi) is 4.57. The van der Waals surface area contributed by atoms with Crippen molar-refractivity contribution in [2.45, 2.75) is 13.3 Å². The first-order chi connectivity index (χ1) is 11.0. The Hall–Kier alpha value is -1.62. The number of halogens is 2. The summed E-state index contributed by atoms with van der Waals surface area (Å²) in [5, 5.41) is 0.973. The van der Waals surface area contributed by atoms with Crippen molar-refractivity contribution < 1.29 is 4.79 Å².